The Morgan fingerprint density at radius 1 is 1.16 bits per heavy atom. The highest BCUT2D eigenvalue weighted by atomic mass is 19.2. The van der Waals surface area contributed by atoms with Crippen LogP contribution in [-0.2, 0) is 0 Å². The molecule has 0 bridgehead atoms. The summed E-state index contributed by atoms with van der Waals surface area (Å²) in [4.78, 5) is 19.3. The van der Waals surface area contributed by atoms with Crippen LogP contribution in [0.2, 0.25) is 0 Å². The minimum absolute atomic E-state index is 0.124. The van der Waals surface area contributed by atoms with Crippen molar-refractivity contribution in [1.82, 2.24) is 0 Å². The molecule has 0 unspecified atom stereocenters. The summed E-state index contributed by atoms with van der Waals surface area (Å²) < 4.78 is 41.4. The number of rotatable bonds is 2. The van der Waals surface area contributed by atoms with Gasteiger partial charge in [0, 0.05) is 6.07 Å². The summed E-state index contributed by atoms with van der Waals surface area (Å²) in [7, 11) is 0. The topological polar surface area (TPSA) is 123 Å². The molecule has 3 rings (SSSR count). The molecule has 0 amide bonds. The third-order valence-electron chi connectivity index (χ3n) is 4.39. The maximum atomic E-state index is 14.1. The molecule has 0 aromatic heterocycles. The van der Waals surface area contributed by atoms with Gasteiger partial charge in [0.15, 0.2) is 5.82 Å². The normalized spacial score (nSPS) is 19.6. The van der Waals surface area contributed by atoms with Crippen LogP contribution >= 0.6 is 0 Å². The van der Waals surface area contributed by atoms with Crippen molar-refractivity contribution >= 4 is 23.3 Å². The van der Waals surface area contributed by atoms with Crippen molar-refractivity contribution < 1.29 is 18.1 Å². The molecule has 1 saturated carbocycles. The first-order valence-corrected chi connectivity index (χ1v) is 7.58. The molecule has 1 fully saturated rings. The zero-order valence-corrected chi connectivity index (χ0v) is 13.0. The van der Waals surface area contributed by atoms with Crippen LogP contribution in [0.15, 0.2) is 16.1 Å². The SMILES string of the molecule is NC1=NC2(CCCCC2)N(c2cc(F)c(F)c(F)c2[N+](=O)[O-])C(N)=N1. The first-order chi connectivity index (χ1) is 11.8. The quantitative estimate of drug-likeness (QED) is 0.477. The fraction of sp³-hybridized carbons (Fsp3) is 0.429. The van der Waals surface area contributed by atoms with Crippen LogP contribution in [-0.4, -0.2) is 22.5 Å². The zero-order valence-electron chi connectivity index (χ0n) is 13.0. The molecule has 1 heterocycles. The molecule has 1 aliphatic carbocycles. The summed E-state index contributed by atoms with van der Waals surface area (Å²) in [5, 5.41) is 11.3. The summed E-state index contributed by atoms with van der Waals surface area (Å²) in [6.45, 7) is 0. The van der Waals surface area contributed by atoms with Gasteiger partial charge in [-0.05, 0) is 25.7 Å². The van der Waals surface area contributed by atoms with Crippen LogP contribution in [0, 0.1) is 27.6 Å². The second-order valence-corrected chi connectivity index (χ2v) is 5.93. The molecule has 1 aromatic rings. The Hall–Kier alpha value is -2.85. The van der Waals surface area contributed by atoms with Crippen LogP contribution in [0.5, 0.6) is 0 Å². The lowest BCUT2D eigenvalue weighted by molar-refractivity contribution is -0.387. The molecular formula is C14H15F3N6O2. The van der Waals surface area contributed by atoms with Crippen molar-refractivity contribution in [3.05, 3.63) is 33.6 Å². The van der Waals surface area contributed by atoms with Crippen molar-refractivity contribution in [3.63, 3.8) is 0 Å². The molecule has 1 aromatic carbocycles. The van der Waals surface area contributed by atoms with Gasteiger partial charge in [-0.3, -0.25) is 15.0 Å². The van der Waals surface area contributed by atoms with Crippen LogP contribution < -0.4 is 16.4 Å². The molecule has 8 nitrogen and oxygen atoms in total. The summed E-state index contributed by atoms with van der Waals surface area (Å²) in [6, 6.07) is 0.534. The highest BCUT2D eigenvalue weighted by molar-refractivity contribution is 6.06. The van der Waals surface area contributed by atoms with Crippen molar-refractivity contribution in [2.45, 2.75) is 37.8 Å². The number of nitrogens with two attached hydrogens (primary N) is 2. The smallest absolute Gasteiger partial charge is 0.331 e. The summed E-state index contributed by atoms with van der Waals surface area (Å²) in [5.74, 6) is -5.81. The van der Waals surface area contributed by atoms with Crippen molar-refractivity contribution in [3.8, 4) is 0 Å². The van der Waals surface area contributed by atoms with Gasteiger partial charge >= 0.3 is 5.69 Å². The van der Waals surface area contributed by atoms with Crippen LogP contribution in [0.3, 0.4) is 0 Å². The third kappa shape index (κ3) is 2.65. The Labute approximate surface area is 140 Å². The number of nitro benzene ring substituents is 1. The van der Waals surface area contributed by atoms with E-state index in [2.05, 4.69) is 9.98 Å². The second-order valence-electron chi connectivity index (χ2n) is 5.93. The Morgan fingerprint density at radius 2 is 1.80 bits per heavy atom. The van der Waals surface area contributed by atoms with Gasteiger partial charge in [-0.1, -0.05) is 6.42 Å². The lowest BCUT2D eigenvalue weighted by atomic mass is 9.87. The summed E-state index contributed by atoms with van der Waals surface area (Å²) >= 11 is 0. The number of benzene rings is 1. The van der Waals surface area contributed by atoms with Gasteiger partial charge in [0.2, 0.25) is 23.6 Å². The number of hydrogen-bond acceptors (Lipinski definition) is 7. The minimum Gasteiger partial charge on any atom is -0.369 e. The molecule has 25 heavy (non-hydrogen) atoms. The second kappa shape index (κ2) is 5.90. The number of anilines is 1. The molecule has 0 saturated heterocycles. The highest BCUT2D eigenvalue weighted by Crippen LogP contribution is 2.44. The first kappa shape index (κ1) is 17.0. The Balaban J connectivity index is 2.26. The van der Waals surface area contributed by atoms with Crippen LogP contribution in [0.4, 0.5) is 24.5 Å². The van der Waals surface area contributed by atoms with Gasteiger partial charge in [-0.15, -0.1) is 0 Å². The first-order valence-electron chi connectivity index (χ1n) is 7.58. The van der Waals surface area contributed by atoms with Crippen molar-refractivity contribution in [1.29, 1.82) is 0 Å². The average molecular weight is 356 g/mol. The van der Waals surface area contributed by atoms with Crippen molar-refractivity contribution in [2.24, 2.45) is 21.5 Å². The maximum Gasteiger partial charge on any atom is 0.331 e. The molecule has 134 valence electrons. The summed E-state index contributed by atoms with van der Waals surface area (Å²) in [6.07, 6.45) is 3.13. The Bertz CT molecular complexity index is 804. The van der Waals surface area contributed by atoms with Crippen LogP contribution in [0.1, 0.15) is 32.1 Å². The Morgan fingerprint density at radius 3 is 2.40 bits per heavy atom. The maximum absolute atomic E-state index is 14.1. The number of aliphatic imine (C=N–C) groups is 2. The van der Waals surface area contributed by atoms with Crippen molar-refractivity contribution in [2.75, 3.05) is 4.90 Å². The standard InChI is InChI=1S/C14H15F3N6O2/c15-7-6-8(11(23(24)25)10(17)9(7)16)22-13(19)20-12(18)21-14(22)4-2-1-3-5-14/h6H,1-5H2,(H4,18,19,20,21). The van der Waals surface area contributed by atoms with E-state index in [9.17, 15) is 23.3 Å². The summed E-state index contributed by atoms with van der Waals surface area (Å²) in [5.41, 5.74) is 8.63. The van der Waals surface area contributed by atoms with Gasteiger partial charge in [-0.25, -0.2) is 13.8 Å². The number of nitro groups is 1. The van der Waals surface area contributed by atoms with Gasteiger partial charge in [0.05, 0.1) is 4.92 Å². The largest absolute Gasteiger partial charge is 0.369 e. The van der Waals surface area contributed by atoms with E-state index in [0.717, 1.165) is 11.3 Å². The van der Waals surface area contributed by atoms with E-state index in [0.29, 0.717) is 31.7 Å². The monoisotopic (exact) mass is 356 g/mol. The van der Waals surface area contributed by atoms with E-state index >= 15 is 0 Å². The number of nitrogens with zero attached hydrogens (tertiary/aromatic N) is 4. The van der Waals surface area contributed by atoms with Crippen LogP contribution in [0.25, 0.3) is 0 Å². The minimum atomic E-state index is -1.93. The lowest BCUT2D eigenvalue weighted by Crippen LogP contribution is -2.58. The van der Waals surface area contributed by atoms with E-state index in [4.69, 9.17) is 11.5 Å². The molecule has 0 radical (unpaired) electrons. The Kier molecular flexibility index (Phi) is 4.01. The van der Waals surface area contributed by atoms with Gasteiger partial charge in [-0.2, -0.15) is 9.38 Å². The predicted molar refractivity (Wildman–Crippen MR) is 84.5 cm³/mol. The molecule has 1 aliphatic heterocycles. The fourth-order valence-electron chi connectivity index (χ4n) is 3.39. The molecular weight excluding hydrogens is 341 g/mol. The van der Waals surface area contributed by atoms with E-state index in [-0.39, 0.29) is 11.9 Å². The number of halogens is 3. The van der Waals surface area contributed by atoms with E-state index in [1.54, 1.807) is 0 Å². The van der Waals surface area contributed by atoms with E-state index < -0.39 is 39.4 Å². The number of hydrogen-bond donors (Lipinski definition) is 2. The van der Waals surface area contributed by atoms with Gasteiger partial charge in [0.25, 0.3) is 0 Å². The molecule has 4 N–H and O–H groups in total. The predicted octanol–water partition coefficient (Wildman–Crippen LogP) is 2.12. The zero-order chi connectivity index (χ0) is 18.4. The van der Waals surface area contributed by atoms with E-state index in [1.807, 2.05) is 0 Å². The molecule has 1 spiro atoms. The molecule has 0 atom stereocenters. The fourth-order valence-corrected chi connectivity index (χ4v) is 3.39. The highest BCUT2D eigenvalue weighted by Gasteiger charge is 2.46. The van der Waals surface area contributed by atoms with Gasteiger partial charge in [0.1, 0.15) is 11.4 Å². The lowest BCUT2D eigenvalue weighted by Gasteiger charge is -2.45. The molecule has 2 aliphatic rings. The van der Waals surface area contributed by atoms with E-state index in [1.165, 1.54) is 0 Å². The number of guanidine groups is 2. The third-order valence-corrected chi connectivity index (χ3v) is 4.39. The average Bonchev–Trinajstić information content (AvgIpc) is 2.52. The van der Waals surface area contributed by atoms with Gasteiger partial charge < -0.3 is 11.5 Å². The molecule has 11 heteroatoms.